The molecule has 144 valence electrons. The van der Waals surface area contributed by atoms with Crippen molar-refractivity contribution in [3.8, 4) is 0 Å². The van der Waals surface area contributed by atoms with Gasteiger partial charge in [-0.1, -0.05) is 24.3 Å². The second-order valence-electron chi connectivity index (χ2n) is 6.53. The fraction of sp³-hybridized carbons (Fsp3) is 0.190. The highest BCUT2D eigenvalue weighted by atomic mass is 16.5. The zero-order chi connectivity index (χ0) is 20.1. The van der Waals surface area contributed by atoms with Gasteiger partial charge in [0.05, 0.1) is 0 Å². The van der Waals surface area contributed by atoms with Crippen molar-refractivity contribution in [2.24, 2.45) is 0 Å². The van der Waals surface area contributed by atoms with Crippen LogP contribution in [-0.2, 0) is 11.2 Å². The van der Waals surface area contributed by atoms with Crippen LogP contribution >= 0.6 is 0 Å². The highest BCUT2D eigenvalue weighted by molar-refractivity contribution is 6.06. The summed E-state index contributed by atoms with van der Waals surface area (Å²) in [7, 11) is 0. The first kappa shape index (κ1) is 19.2. The fourth-order valence-corrected chi connectivity index (χ4v) is 2.84. The summed E-state index contributed by atoms with van der Waals surface area (Å²) < 4.78 is 4.92. The van der Waals surface area contributed by atoms with Crippen molar-refractivity contribution in [1.82, 2.24) is 5.16 Å². The molecule has 3 rings (SSSR count). The predicted molar refractivity (Wildman–Crippen MR) is 107 cm³/mol. The molecule has 0 spiro atoms. The number of rotatable bonds is 6. The van der Waals surface area contributed by atoms with Gasteiger partial charge in [0.2, 0.25) is 5.91 Å². The van der Waals surface area contributed by atoms with Gasteiger partial charge in [-0.2, -0.15) is 5.16 Å². The minimum atomic E-state index is -0.335. The number of para-hydroxylation sites is 1. The zero-order valence-corrected chi connectivity index (χ0v) is 15.7. The molecule has 0 saturated heterocycles. The quantitative estimate of drug-likeness (QED) is 0.610. The fourth-order valence-electron chi connectivity index (χ4n) is 2.84. The van der Waals surface area contributed by atoms with Gasteiger partial charge in [0.1, 0.15) is 5.76 Å². The van der Waals surface area contributed by atoms with E-state index in [4.69, 9.17) is 4.52 Å². The SMILES string of the molecule is Cc1cccc(C)c1NC(=O)c1cccc(NC(=O)CCc2cc(=O)[nH]o2)c1. The molecule has 28 heavy (non-hydrogen) atoms. The summed E-state index contributed by atoms with van der Waals surface area (Å²) in [6, 6.07) is 13.9. The van der Waals surface area contributed by atoms with Gasteiger partial charge in [0.25, 0.3) is 11.5 Å². The van der Waals surface area contributed by atoms with Crippen LogP contribution in [0, 0.1) is 13.8 Å². The summed E-state index contributed by atoms with van der Waals surface area (Å²) >= 11 is 0. The third-order valence-corrected chi connectivity index (χ3v) is 4.30. The molecular weight excluding hydrogens is 358 g/mol. The third-order valence-electron chi connectivity index (χ3n) is 4.30. The van der Waals surface area contributed by atoms with Gasteiger partial charge >= 0.3 is 0 Å². The molecule has 0 atom stereocenters. The first-order valence-corrected chi connectivity index (χ1v) is 8.87. The third kappa shape index (κ3) is 4.76. The first-order chi connectivity index (χ1) is 13.4. The summed E-state index contributed by atoms with van der Waals surface area (Å²) in [6.07, 6.45) is 0.455. The molecule has 0 aliphatic rings. The van der Waals surface area contributed by atoms with E-state index in [0.717, 1.165) is 16.8 Å². The molecule has 0 fully saturated rings. The summed E-state index contributed by atoms with van der Waals surface area (Å²) in [5.74, 6) is -0.0689. The average Bonchev–Trinajstić information content (AvgIpc) is 3.08. The minimum Gasteiger partial charge on any atom is -0.384 e. The number of nitrogens with one attached hydrogen (secondary N) is 3. The van der Waals surface area contributed by atoms with Gasteiger partial charge < -0.3 is 15.2 Å². The maximum Gasteiger partial charge on any atom is 0.280 e. The second kappa shape index (κ2) is 8.39. The second-order valence-corrected chi connectivity index (χ2v) is 6.53. The van der Waals surface area contributed by atoms with Crippen LogP contribution in [0.3, 0.4) is 0 Å². The van der Waals surface area contributed by atoms with Crippen molar-refractivity contribution in [3.05, 3.63) is 81.3 Å². The molecule has 0 saturated carbocycles. The lowest BCUT2D eigenvalue weighted by Gasteiger charge is -2.12. The van der Waals surface area contributed by atoms with Crippen LogP contribution in [0.25, 0.3) is 0 Å². The van der Waals surface area contributed by atoms with Crippen molar-refractivity contribution in [2.75, 3.05) is 10.6 Å². The van der Waals surface area contributed by atoms with E-state index in [1.165, 1.54) is 6.07 Å². The van der Waals surface area contributed by atoms with E-state index in [-0.39, 0.29) is 23.8 Å². The first-order valence-electron chi connectivity index (χ1n) is 8.87. The molecule has 7 nitrogen and oxygen atoms in total. The molecule has 0 aliphatic heterocycles. The average molecular weight is 379 g/mol. The van der Waals surface area contributed by atoms with Crippen LogP contribution < -0.4 is 16.2 Å². The smallest absolute Gasteiger partial charge is 0.280 e. The lowest BCUT2D eigenvalue weighted by Crippen LogP contribution is -2.15. The van der Waals surface area contributed by atoms with Gasteiger partial charge in [-0.05, 0) is 43.2 Å². The number of hydrogen-bond donors (Lipinski definition) is 3. The van der Waals surface area contributed by atoms with E-state index in [9.17, 15) is 14.4 Å². The van der Waals surface area contributed by atoms with Gasteiger partial charge in [-0.25, -0.2) is 0 Å². The lowest BCUT2D eigenvalue weighted by molar-refractivity contribution is -0.116. The molecule has 3 aromatic rings. The Morgan fingerprint density at radius 3 is 2.39 bits per heavy atom. The van der Waals surface area contributed by atoms with Crippen LogP contribution in [0.15, 0.2) is 57.8 Å². The number of hydrogen-bond acceptors (Lipinski definition) is 4. The molecule has 1 aromatic heterocycles. The summed E-state index contributed by atoms with van der Waals surface area (Å²) in [5, 5.41) is 7.86. The number of aromatic amines is 1. The molecule has 1 heterocycles. The molecule has 0 unspecified atom stereocenters. The monoisotopic (exact) mass is 379 g/mol. The number of H-pyrrole nitrogens is 1. The highest BCUT2D eigenvalue weighted by Gasteiger charge is 2.11. The Morgan fingerprint density at radius 2 is 1.71 bits per heavy atom. The topological polar surface area (TPSA) is 104 Å². The van der Waals surface area contributed by atoms with Crippen LogP contribution in [0.5, 0.6) is 0 Å². The Hall–Kier alpha value is -3.61. The van der Waals surface area contributed by atoms with Crippen LogP contribution in [0.1, 0.15) is 33.7 Å². The molecular formula is C21H21N3O4. The van der Waals surface area contributed by atoms with E-state index >= 15 is 0 Å². The number of carbonyl (C=O) groups excluding carboxylic acids is 2. The standard InChI is InChI=1S/C21H21N3O4/c1-13-5-3-6-14(2)20(13)23-21(27)15-7-4-8-16(11-15)22-18(25)10-9-17-12-19(26)24-28-17/h3-8,11-12H,9-10H2,1-2H3,(H,22,25)(H,23,27)(H,24,26). The van der Waals surface area contributed by atoms with E-state index < -0.39 is 0 Å². The van der Waals surface area contributed by atoms with Gasteiger partial charge in [0, 0.05) is 35.8 Å². The Kier molecular flexibility index (Phi) is 5.74. The van der Waals surface area contributed by atoms with Crippen molar-refractivity contribution in [2.45, 2.75) is 26.7 Å². The van der Waals surface area contributed by atoms with E-state index in [1.807, 2.05) is 32.0 Å². The van der Waals surface area contributed by atoms with Crippen molar-refractivity contribution < 1.29 is 14.1 Å². The van der Waals surface area contributed by atoms with Crippen molar-refractivity contribution in [3.63, 3.8) is 0 Å². The molecule has 2 amide bonds. The maximum atomic E-state index is 12.6. The molecule has 0 aliphatic carbocycles. The summed E-state index contributed by atoms with van der Waals surface area (Å²) in [4.78, 5) is 35.7. The largest absolute Gasteiger partial charge is 0.384 e. The Morgan fingerprint density at radius 1 is 1.00 bits per heavy atom. The minimum absolute atomic E-state index is 0.152. The number of aromatic nitrogens is 1. The van der Waals surface area contributed by atoms with E-state index in [0.29, 0.717) is 23.4 Å². The van der Waals surface area contributed by atoms with E-state index in [1.54, 1.807) is 24.3 Å². The van der Waals surface area contributed by atoms with Gasteiger partial charge in [-0.15, -0.1) is 0 Å². The van der Waals surface area contributed by atoms with Crippen molar-refractivity contribution >= 4 is 23.2 Å². The number of aryl methyl sites for hydroxylation is 3. The van der Waals surface area contributed by atoms with E-state index in [2.05, 4.69) is 15.8 Å². The number of benzene rings is 2. The Bertz CT molecular complexity index is 1050. The van der Waals surface area contributed by atoms with Gasteiger partial charge in [-0.3, -0.25) is 14.4 Å². The molecule has 0 radical (unpaired) electrons. The maximum absolute atomic E-state index is 12.6. The molecule has 7 heteroatoms. The Labute approximate surface area is 161 Å². The summed E-state index contributed by atoms with van der Waals surface area (Å²) in [5.41, 5.74) is 3.38. The molecule has 2 aromatic carbocycles. The van der Waals surface area contributed by atoms with Gasteiger partial charge in [0.15, 0.2) is 0 Å². The Balaban J connectivity index is 1.63. The number of anilines is 2. The molecule has 3 N–H and O–H groups in total. The lowest BCUT2D eigenvalue weighted by atomic mass is 10.1. The number of amides is 2. The van der Waals surface area contributed by atoms with Crippen LogP contribution in [0.2, 0.25) is 0 Å². The summed E-state index contributed by atoms with van der Waals surface area (Å²) in [6.45, 7) is 3.87. The number of carbonyl (C=O) groups is 2. The highest BCUT2D eigenvalue weighted by Crippen LogP contribution is 2.21. The van der Waals surface area contributed by atoms with Crippen LogP contribution in [-0.4, -0.2) is 17.0 Å². The predicted octanol–water partition coefficient (Wildman–Crippen LogP) is 3.41. The molecule has 0 bridgehead atoms. The normalized spacial score (nSPS) is 10.5. The van der Waals surface area contributed by atoms with Crippen LogP contribution in [0.4, 0.5) is 11.4 Å². The van der Waals surface area contributed by atoms with Crippen molar-refractivity contribution in [1.29, 1.82) is 0 Å². The zero-order valence-electron chi connectivity index (χ0n) is 15.7.